The Morgan fingerprint density at radius 1 is 1.14 bits per heavy atom. The number of fused-ring (bicyclic) bond motifs is 2. The summed E-state index contributed by atoms with van der Waals surface area (Å²) in [7, 11) is 1.53. The molecule has 0 spiro atoms. The molecular weight excluding hydrogens is 374 g/mol. The van der Waals surface area contributed by atoms with Gasteiger partial charge in [0.2, 0.25) is 5.78 Å². The van der Waals surface area contributed by atoms with Gasteiger partial charge in [-0.3, -0.25) is 19.1 Å². The van der Waals surface area contributed by atoms with Gasteiger partial charge < -0.3 is 15.2 Å². The van der Waals surface area contributed by atoms with Crippen LogP contribution in [0.3, 0.4) is 0 Å². The van der Waals surface area contributed by atoms with Crippen LogP contribution in [-0.4, -0.2) is 40.8 Å². The van der Waals surface area contributed by atoms with Crippen molar-refractivity contribution in [2.75, 3.05) is 19.5 Å². The molecule has 8 nitrogen and oxygen atoms in total. The van der Waals surface area contributed by atoms with Crippen molar-refractivity contribution < 1.29 is 23.9 Å². The molecule has 29 heavy (non-hydrogen) atoms. The summed E-state index contributed by atoms with van der Waals surface area (Å²) < 4.78 is 11.7. The van der Waals surface area contributed by atoms with E-state index in [0.717, 1.165) is 0 Å². The number of anilines is 1. The van der Waals surface area contributed by atoms with Crippen molar-refractivity contribution in [3.8, 4) is 11.4 Å². The number of carbonyl (C=O) groups is 3. The number of nitrogens with zero attached hydrogens (tertiary/aromatic N) is 2. The molecule has 146 valence electrons. The maximum absolute atomic E-state index is 13.2. The van der Waals surface area contributed by atoms with E-state index in [-0.39, 0.29) is 40.5 Å². The summed E-state index contributed by atoms with van der Waals surface area (Å²) in [4.78, 5) is 43.1. The zero-order chi connectivity index (χ0) is 20.7. The summed E-state index contributed by atoms with van der Waals surface area (Å²) in [6.45, 7) is 1.74. The average Bonchev–Trinajstić information content (AvgIpc) is 3.05. The number of aromatic nitrogens is 2. The zero-order valence-corrected chi connectivity index (χ0v) is 15.8. The highest BCUT2D eigenvalue weighted by atomic mass is 16.5. The summed E-state index contributed by atoms with van der Waals surface area (Å²) in [5.74, 6) is -1.19. The largest absolute Gasteiger partial charge is 0.497 e. The maximum Gasteiger partial charge on any atom is 0.342 e. The molecule has 2 aromatic heterocycles. The first-order valence-corrected chi connectivity index (χ1v) is 8.89. The molecule has 0 atom stereocenters. The van der Waals surface area contributed by atoms with Crippen molar-refractivity contribution >= 4 is 23.4 Å². The highest BCUT2D eigenvalue weighted by molar-refractivity contribution is 6.30. The minimum absolute atomic E-state index is 0.00748. The molecule has 1 aromatic carbocycles. The fourth-order valence-electron chi connectivity index (χ4n) is 3.45. The molecule has 8 heteroatoms. The molecule has 0 saturated heterocycles. The molecule has 2 heterocycles. The number of hydrogen-bond donors (Lipinski definition) is 1. The van der Waals surface area contributed by atoms with Gasteiger partial charge in [0.25, 0.3) is 0 Å². The molecule has 0 fully saturated rings. The third-order valence-corrected chi connectivity index (χ3v) is 4.73. The Kier molecular flexibility index (Phi) is 4.38. The third-order valence-electron chi connectivity index (χ3n) is 4.73. The maximum atomic E-state index is 13.2. The molecule has 4 rings (SSSR count). The zero-order valence-electron chi connectivity index (χ0n) is 15.8. The normalized spacial score (nSPS) is 12.3. The lowest BCUT2D eigenvalue weighted by molar-refractivity contribution is 0.0525. The number of ketones is 2. The van der Waals surface area contributed by atoms with Crippen LogP contribution < -0.4 is 10.5 Å². The van der Waals surface area contributed by atoms with Crippen LogP contribution in [0.25, 0.3) is 5.69 Å². The lowest BCUT2D eigenvalue weighted by Crippen LogP contribution is -2.25. The molecule has 0 radical (unpaired) electrons. The molecule has 0 aliphatic heterocycles. The van der Waals surface area contributed by atoms with Crippen molar-refractivity contribution in [3.05, 3.63) is 70.7 Å². The monoisotopic (exact) mass is 391 g/mol. The fourth-order valence-corrected chi connectivity index (χ4v) is 3.45. The van der Waals surface area contributed by atoms with E-state index in [9.17, 15) is 14.4 Å². The summed E-state index contributed by atoms with van der Waals surface area (Å²) in [5.41, 5.74) is 6.73. The lowest BCUT2D eigenvalue weighted by atomic mass is 9.89. The second-order valence-electron chi connectivity index (χ2n) is 6.30. The van der Waals surface area contributed by atoms with Crippen LogP contribution in [0.5, 0.6) is 5.75 Å². The van der Waals surface area contributed by atoms with Crippen LogP contribution in [0, 0.1) is 0 Å². The molecule has 3 aromatic rings. The number of nitrogens with two attached hydrogens (primary N) is 1. The third kappa shape index (κ3) is 2.68. The fraction of sp³-hybridized carbons (Fsp3) is 0.143. The quantitative estimate of drug-likeness (QED) is 0.531. The Balaban J connectivity index is 2.04. The number of hydrogen-bond acceptors (Lipinski definition) is 7. The van der Waals surface area contributed by atoms with Crippen molar-refractivity contribution in [2.24, 2.45) is 0 Å². The predicted octanol–water partition coefficient (Wildman–Crippen LogP) is 2.42. The molecule has 0 bridgehead atoms. The van der Waals surface area contributed by atoms with Crippen molar-refractivity contribution in [3.63, 3.8) is 0 Å². The van der Waals surface area contributed by atoms with E-state index in [1.807, 2.05) is 0 Å². The van der Waals surface area contributed by atoms with E-state index in [0.29, 0.717) is 11.4 Å². The molecule has 1 aliphatic carbocycles. The summed E-state index contributed by atoms with van der Waals surface area (Å²) in [6, 6.07) is 9.79. The van der Waals surface area contributed by atoms with E-state index in [1.165, 1.54) is 23.9 Å². The summed E-state index contributed by atoms with van der Waals surface area (Å²) in [5, 5.41) is 0. The molecule has 0 unspecified atom stereocenters. The second kappa shape index (κ2) is 6.90. The van der Waals surface area contributed by atoms with Crippen molar-refractivity contribution in [2.45, 2.75) is 6.92 Å². The minimum atomic E-state index is -0.762. The van der Waals surface area contributed by atoms with Crippen LogP contribution in [0.4, 0.5) is 5.82 Å². The first kappa shape index (κ1) is 18.4. The average molecular weight is 391 g/mol. The van der Waals surface area contributed by atoms with Gasteiger partial charge in [-0.1, -0.05) is 0 Å². The number of carbonyl (C=O) groups excluding carboxylic acids is 3. The van der Waals surface area contributed by atoms with Gasteiger partial charge in [-0.15, -0.1) is 0 Å². The highest BCUT2D eigenvalue weighted by Crippen LogP contribution is 2.37. The predicted molar refractivity (Wildman–Crippen MR) is 104 cm³/mol. The van der Waals surface area contributed by atoms with Gasteiger partial charge in [-0.2, -0.15) is 0 Å². The molecule has 0 amide bonds. The van der Waals surface area contributed by atoms with Gasteiger partial charge >= 0.3 is 5.97 Å². The summed E-state index contributed by atoms with van der Waals surface area (Å²) >= 11 is 0. The van der Waals surface area contributed by atoms with Crippen molar-refractivity contribution in [1.82, 2.24) is 9.55 Å². The first-order chi connectivity index (χ1) is 14.0. The number of esters is 1. The van der Waals surface area contributed by atoms with Gasteiger partial charge in [-0.25, -0.2) is 4.79 Å². The second-order valence-corrected chi connectivity index (χ2v) is 6.30. The Bertz CT molecular complexity index is 1160. The van der Waals surface area contributed by atoms with Gasteiger partial charge in [0.1, 0.15) is 28.5 Å². The minimum Gasteiger partial charge on any atom is -0.497 e. The van der Waals surface area contributed by atoms with Gasteiger partial charge in [0, 0.05) is 11.9 Å². The van der Waals surface area contributed by atoms with Crippen LogP contribution in [0.1, 0.15) is 49.4 Å². The molecule has 1 aliphatic rings. The molecular formula is C21H17N3O5. The topological polar surface area (TPSA) is 114 Å². The Labute approximate surface area is 165 Å². The number of ether oxygens (including phenoxy) is 2. The SMILES string of the molecule is CCOC(=O)c1c2c(n(-c3ccc(OC)cc3)c1N)C(=O)c1ncccc1C2=O. The number of rotatable bonds is 4. The number of pyridine rings is 1. The Morgan fingerprint density at radius 3 is 2.52 bits per heavy atom. The van der Waals surface area contributed by atoms with Crippen LogP contribution >= 0.6 is 0 Å². The van der Waals surface area contributed by atoms with E-state index in [4.69, 9.17) is 15.2 Å². The first-order valence-electron chi connectivity index (χ1n) is 8.89. The van der Waals surface area contributed by atoms with Crippen LogP contribution in [0.2, 0.25) is 0 Å². The lowest BCUT2D eigenvalue weighted by Gasteiger charge is -2.16. The number of nitrogen functional groups attached to an aromatic ring is 1. The van der Waals surface area contributed by atoms with Gasteiger partial charge in [-0.05, 0) is 43.3 Å². The van der Waals surface area contributed by atoms with E-state index in [1.54, 1.807) is 37.3 Å². The molecule has 2 N–H and O–H groups in total. The van der Waals surface area contributed by atoms with E-state index >= 15 is 0 Å². The van der Waals surface area contributed by atoms with E-state index < -0.39 is 17.5 Å². The Hall–Kier alpha value is -3.94. The number of methoxy groups -OCH3 is 1. The molecule has 0 saturated carbocycles. The number of benzene rings is 1. The van der Waals surface area contributed by atoms with Gasteiger partial charge in [0.15, 0.2) is 5.78 Å². The van der Waals surface area contributed by atoms with Crippen molar-refractivity contribution in [1.29, 1.82) is 0 Å². The standard InChI is InChI=1S/C21H17N3O5/c1-3-29-21(27)15-14-17(19(26)16-13(18(14)25)5-4-10-23-16)24(20(15)22)11-6-8-12(28-2)9-7-11/h4-10H,3,22H2,1-2H3. The van der Waals surface area contributed by atoms with Crippen LogP contribution in [0.15, 0.2) is 42.6 Å². The van der Waals surface area contributed by atoms with Crippen LogP contribution in [-0.2, 0) is 4.74 Å². The Morgan fingerprint density at radius 2 is 1.86 bits per heavy atom. The smallest absolute Gasteiger partial charge is 0.342 e. The van der Waals surface area contributed by atoms with Gasteiger partial charge in [0.05, 0.1) is 24.8 Å². The van der Waals surface area contributed by atoms with E-state index in [2.05, 4.69) is 4.98 Å². The highest BCUT2D eigenvalue weighted by Gasteiger charge is 2.41. The summed E-state index contributed by atoms with van der Waals surface area (Å²) in [6.07, 6.45) is 1.44.